The summed E-state index contributed by atoms with van der Waals surface area (Å²) in [4.78, 5) is 28.1. The Bertz CT molecular complexity index is 396. The molecule has 1 amide bonds. The number of carbonyl (C=O) groups excluding carboxylic acids is 2. The molecule has 2 fully saturated rings. The van der Waals surface area contributed by atoms with E-state index in [4.69, 9.17) is 4.74 Å². The standard InChI is InChI=1S/C15H24N2O3/c1-15(2,3)20-14(19)17-8-11-5-4-6-12(9-17)13(11)7-16-10-18/h11-13H,4-9H2,1-3H3. The molecule has 0 aromatic rings. The summed E-state index contributed by atoms with van der Waals surface area (Å²) in [6, 6.07) is 0. The maximum Gasteiger partial charge on any atom is 0.410 e. The number of nitrogens with zero attached hydrogens (tertiary/aromatic N) is 2. The van der Waals surface area contributed by atoms with E-state index in [9.17, 15) is 9.59 Å². The smallest absolute Gasteiger partial charge is 0.410 e. The molecule has 2 rings (SSSR count). The fraction of sp³-hybridized carbons (Fsp3) is 0.867. The van der Waals surface area contributed by atoms with Crippen molar-refractivity contribution in [3.8, 4) is 0 Å². The van der Waals surface area contributed by atoms with Gasteiger partial charge in [-0.3, -0.25) is 0 Å². The van der Waals surface area contributed by atoms with Crippen LogP contribution in [0, 0.1) is 17.8 Å². The highest BCUT2D eigenvalue weighted by molar-refractivity contribution is 5.68. The van der Waals surface area contributed by atoms with Gasteiger partial charge in [0.05, 0.1) is 6.54 Å². The number of hydrogen-bond donors (Lipinski definition) is 0. The third-order valence-electron chi connectivity index (χ3n) is 4.29. The first-order valence-corrected chi connectivity index (χ1v) is 7.42. The summed E-state index contributed by atoms with van der Waals surface area (Å²) in [5, 5.41) is 0. The van der Waals surface area contributed by atoms with E-state index < -0.39 is 5.60 Å². The van der Waals surface area contributed by atoms with Gasteiger partial charge in [0.2, 0.25) is 6.08 Å². The van der Waals surface area contributed by atoms with Gasteiger partial charge in [0.1, 0.15) is 5.60 Å². The van der Waals surface area contributed by atoms with Crippen LogP contribution in [-0.4, -0.2) is 42.3 Å². The number of isocyanates is 1. The number of fused-ring (bicyclic) bond motifs is 2. The van der Waals surface area contributed by atoms with Gasteiger partial charge in [-0.2, -0.15) is 0 Å². The van der Waals surface area contributed by atoms with Crippen LogP contribution in [0.5, 0.6) is 0 Å². The van der Waals surface area contributed by atoms with Crippen molar-refractivity contribution in [2.45, 2.75) is 45.6 Å². The topological polar surface area (TPSA) is 59.0 Å². The summed E-state index contributed by atoms with van der Waals surface area (Å²) < 4.78 is 5.46. The summed E-state index contributed by atoms with van der Waals surface area (Å²) >= 11 is 0. The monoisotopic (exact) mass is 280 g/mol. The molecule has 0 radical (unpaired) electrons. The fourth-order valence-corrected chi connectivity index (χ4v) is 3.47. The van der Waals surface area contributed by atoms with Gasteiger partial charge in [-0.1, -0.05) is 6.42 Å². The summed E-state index contributed by atoms with van der Waals surface area (Å²) in [5.74, 6) is 1.29. The third kappa shape index (κ3) is 3.60. The molecule has 2 bridgehead atoms. The first kappa shape index (κ1) is 15.0. The summed E-state index contributed by atoms with van der Waals surface area (Å²) in [7, 11) is 0. The van der Waals surface area contributed by atoms with Crippen LogP contribution in [0.25, 0.3) is 0 Å². The number of hydrogen-bond acceptors (Lipinski definition) is 4. The maximum atomic E-state index is 12.2. The summed E-state index contributed by atoms with van der Waals surface area (Å²) in [6.07, 6.45) is 4.84. The number of ether oxygens (including phenoxy) is 1. The number of likely N-dealkylation sites (tertiary alicyclic amines) is 1. The lowest BCUT2D eigenvalue weighted by Crippen LogP contribution is -2.52. The van der Waals surface area contributed by atoms with E-state index >= 15 is 0 Å². The molecule has 112 valence electrons. The molecule has 0 aromatic carbocycles. The lowest BCUT2D eigenvalue weighted by Gasteiger charge is -2.46. The van der Waals surface area contributed by atoms with Crippen molar-refractivity contribution < 1.29 is 14.3 Å². The van der Waals surface area contributed by atoms with Crippen LogP contribution in [0.15, 0.2) is 4.99 Å². The second-order valence-corrected chi connectivity index (χ2v) is 6.93. The molecule has 0 aromatic heterocycles. The predicted molar refractivity (Wildman–Crippen MR) is 75.1 cm³/mol. The van der Waals surface area contributed by atoms with E-state index in [-0.39, 0.29) is 6.09 Å². The molecule has 2 atom stereocenters. The van der Waals surface area contributed by atoms with E-state index in [2.05, 4.69) is 4.99 Å². The quantitative estimate of drug-likeness (QED) is 0.577. The zero-order valence-electron chi connectivity index (χ0n) is 12.6. The average molecular weight is 280 g/mol. The largest absolute Gasteiger partial charge is 0.444 e. The summed E-state index contributed by atoms with van der Waals surface area (Å²) in [5.41, 5.74) is -0.454. The Morgan fingerprint density at radius 1 is 1.30 bits per heavy atom. The second kappa shape index (κ2) is 5.96. The van der Waals surface area contributed by atoms with Crippen LogP contribution >= 0.6 is 0 Å². The van der Waals surface area contributed by atoms with Crippen molar-refractivity contribution in [2.75, 3.05) is 19.6 Å². The van der Waals surface area contributed by atoms with Crippen molar-refractivity contribution in [1.29, 1.82) is 0 Å². The van der Waals surface area contributed by atoms with Gasteiger partial charge in [-0.25, -0.2) is 14.6 Å². The Hall–Kier alpha value is -1.35. The van der Waals surface area contributed by atoms with Gasteiger partial charge in [-0.15, -0.1) is 0 Å². The second-order valence-electron chi connectivity index (χ2n) is 6.93. The molecular formula is C15H24N2O3. The minimum atomic E-state index is -0.454. The Morgan fingerprint density at radius 3 is 2.40 bits per heavy atom. The molecule has 5 heteroatoms. The number of carbonyl (C=O) groups is 1. The normalized spacial score (nSPS) is 29.6. The maximum absolute atomic E-state index is 12.2. The van der Waals surface area contributed by atoms with Gasteiger partial charge in [0.15, 0.2) is 0 Å². The van der Waals surface area contributed by atoms with Gasteiger partial charge in [-0.05, 0) is 51.4 Å². The highest BCUT2D eigenvalue weighted by atomic mass is 16.6. The molecule has 1 heterocycles. The van der Waals surface area contributed by atoms with Crippen molar-refractivity contribution in [2.24, 2.45) is 22.7 Å². The van der Waals surface area contributed by atoms with Crippen LogP contribution in [-0.2, 0) is 9.53 Å². The van der Waals surface area contributed by atoms with Crippen LogP contribution < -0.4 is 0 Å². The van der Waals surface area contributed by atoms with Crippen LogP contribution in [0.1, 0.15) is 40.0 Å². The number of rotatable bonds is 2. The molecule has 2 unspecified atom stereocenters. The molecule has 1 aliphatic carbocycles. The van der Waals surface area contributed by atoms with Gasteiger partial charge in [0, 0.05) is 13.1 Å². The molecule has 5 nitrogen and oxygen atoms in total. The third-order valence-corrected chi connectivity index (χ3v) is 4.29. The molecule has 1 saturated carbocycles. The first-order chi connectivity index (χ1) is 9.40. The highest BCUT2D eigenvalue weighted by Gasteiger charge is 2.41. The molecule has 2 aliphatic rings. The van der Waals surface area contributed by atoms with Crippen LogP contribution in [0.2, 0.25) is 0 Å². The lowest BCUT2D eigenvalue weighted by atomic mass is 9.69. The molecule has 1 aliphatic heterocycles. The predicted octanol–water partition coefficient (Wildman–Crippen LogP) is 2.61. The Kier molecular flexibility index (Phi) is 4.48. The van der Waals surface area contributed by atoms with Gasteiger partial charge >= 0.3 is 6.09 Å². The molecular weight excluding hydrogens is 256 g/mol. The van der Waals surface area contributed by atoms with Crippen LogP contribution in [0.4, 0.5) is 4.79 Å². The van der Waals surface area contributed by atoms with Crippen molar-refractivity contribution in [1.82, 2.24) is 4.90 Å². The Balaban J connectivity index is 2.01. The van der Waals surface area contributed by atoms with E-state index in [1.807, 2.05) is 25.7 Å². The zero-order chi connectivity index (χ0) is 14.8. The van der Waals surface area contributed by atoms with E-state index in [1.54, 1.807) is 6.08 Å². The number of amides is 1. The molecule has 20 heavy (non-hydrogen) atoms. The van der Waals surface area contributed by atoms with Crippen molar-refractivity contribution in [3.63, 3.8) is 0 Å². The minimum Gasteiger partial charge on any atom is -0.444 e. The van der Waals surface area contributed by atoms with E-state index in [0.29, 0.717) is 24.3 Å². The SMILES string of the molecule is CC(C)(C)OC(=O)N1CC2CCCC(C1)C2CN=C=O. The first-order valence-electron chi connectivity index (χ1n) is 7.42. The molecule has 1 saturated heterocycles. The molecule has 0 N–H and O–H groups in total. The van der Waals surface area contributed by atoms with Gasteiger partial charge < -0.3 is 9.64 Å². The van der Waals surface area contributed by atoms with E-state index in [1.165, 1.54) is 6.42 Å². The Labute approximate surface area is 120 Å². The fourth-order valence-electron chi connectivity index (χ4n) is 3.47. The number of piperidine rings is 1. The van der Waals surface area contributed by atoms with Crippen molar-refractivity contribution >= 4 is 12.2 Å². The van der Waals surface area contributed by atoms with Crippen LogP contribution in [0.3, 0.4) is 0 Å². The number of aliphatic imine (C=N–C) groups is 1. The van der Waals surface area contributed by atoms with Crippen molar-refractivity contribution in [3.05, 3.63) is 0 Å². The molecule has 0 spiro atoms. The highest BCUT2D eigenvalue weighted by Crippen LogP contribution is 2.40. The average Bonchev–Trinajstić information content (AvgIpc) is 2.33. The zero-order valence-corrected chi connectivity index (χ0v) is 12.6. The van der Waals surface area contributed by atoms with E-state index in [0.717, 1.165) is 25.9 Å². The van der Waals surface area contributed by atoms with Gasteiger partial charge in [0.25, 0.3) is 0 Å². The summed E-state index contributed by atoms with van der Waals surface area (Å²) in [6.45, 7) is 7.67. The Morgan fingerprint density at radius 2 is 1.90 bits per heavy atom. The minimum absolute atomic E-state index is 0.216. The lowest BCUT2D eigenvalue weighted by molar-refractivity contribution is -0.0135.